The minimum absolute atomic E-state index is 0.0199. The van der Waals surface area contributed by atoms with Crippen LogP contribution in [-0.2, 0) is 20.8 Å². The number of allylic oxidation sites excluding steroid dienone is 1. The lowest BCUT2D eigenvalue weighted by Gasteiger charge is -2.34. The molecule has 0 saturated carbocycles. The molecule has 6 heteroatoms. The monoisotopic (exact) mass is 483 g/mol. The van der Waals surface area contributed by atoms with Crippen molar-refractivity contribution in [3.8, 4) is 11.8 Å². The molecule has 0 aliphatic carbocycles. The number of benzene rings is 1. The quantitative estimate of drug-likeness (QED) is 0.413. The Kier molecular flexibility index (Phi) is 9.04. The van der Waals surface area contributed by atoms with E-state index in [9.17, 15) is 9.90 Å². The first-order valence-corrected chi connectivity index (χ1v) is 12.7. The Balaban J connectivity index is 1.51. The Labute approximate surface area is 210 Å². The third kappa shape index (κ3) is 7.57. The van der Waals surface area contributed by atoms with Crippen molar-refractivity contribution in [2.45, 2.75) is 103 Å². The molecule has 2 aliphatic heterocycles. The van der Waals surface area contributed by atoms with E-state index < -0.39 is 11.4 Å². The molecule has 0 radical (unpaired) electrons. The molecule has 1 aromatic carbocycles. The first-order chi connectivity index (χ1) is 16.5. The largest absolute Gasteiger partial charge is 0.445 e. The molecular weight excluding hydrogens is 442 g/mol. The van der Waals surface area contributed by atoms with Gasteiger partial charge in [-0.15, -0.1) is 0 Å². The van der Waals surface area contributed by atoms with E-state index in [1.54, 1.807) is 11.8 Å². The molecule has 2 fully saturated rings. The molecule has 0 bridgehead atoms. The van der Waals surface area contributed by atoms with Gasteiger partial charge in [0.05, 0.1) is 17.7 Å². The number of hydrogen-bond acceptors (Lipinski definition) is 5. The average Bonchev–Trinajstić information content (AvgIpc) is 3.41. The van der Waals surface area contributed by atoms with Gasteiger partial charge in [-0.05, 0) is 65.0 Å². The maximum Gasteiger partial charge on any atom is 0.410 e. The molecule has 2 saturated heterocycles. The van der Waals surface area contributed by atoms with Gasteiger partial charge in [0.15, 0.2) is 5.79 Å². The number of carbonyl (C=O) groups excluding carboxylic acids is 1. The van der Waals surface area contributed by atoms with Gasteiger partial charge in [0.2, 0.25) is 0 Å². The minimum atomic E-state index is -1.10. The fraction of sp³-hybridized carbons (Fsp3) is 0.621. The van der Waals surface area contributed by atoms with Crippen LogP contribution >= 0.6 is 0 Å². The SMILES string of the molecule is C/C(=C\C[C@@H](C)C#CC[C@](C)(O)[C@@H]1CCCN1C(=O)OCc1ccccc1)[C@H]1OC(C)(C)O[C@@H]1C. The maximum atomic E-state index is 12.7. The van der Waals surface area contributed by atoms with Crippen LogP contribution in [0.3, 0.4) is 0 Å². The molecule has 6 nitrogen and oxygen atoms in total. The number of nitrogens with zero attached hydrogens (tertiary/aromatic N) is 1. The number of likely N-dealkylation sites (tertiary alicyclic amines) is 1. The molecule has 0 unspecified atom stereocenters. The van der Waals surface area contributed by atoms with Gasteiger partial charge in [-0.3, -0.25) is 0 Å². The van der Waals surface area contributed by atoms with Crippen LogP contribution in [0.4, 0.5) is 4.79 Å². The summed E-state index contributed by atoms with van der Waals surface area (Å²) in [5.74, 6) is 6.02. The molecule has 2 aliphatic rings. The lowest BCUT2D eigenvalue weighted by atomic mass is 9.90. The lowest BCUT2D eigenvalue weighted by Crippen LogP contribution is -2.50. The standard InChI is InChI=1S/C29H41NO5/c1-21(16-17-22(2)26-23(3)34-28(4,5)35-26)12-10-18-29(6,32)25-15-11-19-30(25)27(31)33-20-24-13-8-7-9-14-24/h7-9,13-14,17,21,23,25-26,32H,11,15-16,18-20H2,1-6H3/b22-17+/t21-,23+,25-,26+,29-/m0/s1. The summed E-state index contributed by atoms with van der Waals surface area (Å²) in [6.45, 7) is 12.6. The number of rotatable bonds is 7. The van der Waals surface area contributed by atoms with E-state index in [0.29, 0.717) is 13.0 Å². The van der Waals surface area contributed by atoms with Crippen molar-refractivity contribution in [3.63, 3.8) is 0 Å². The Hall–Kier alpha value is -2.33. The highest BCUT2D eigenvalue weighted by Gasteiger charge is 2.42. The highest BCUT2D eigenvalue weighted by molar-refractivity contribution is 5.68. The van der Waals surface area contributed by atoms with Gasteiger partial charge < -0.3 is 24.2 Å². The van der Waals surface area contributed by atoms with E-state index in [2.05, 4.69) is 31.8 Å². The van der Waals surface area contributed by atoms with Crippen LogP contribution in [0.2, 0.25) is 0 Å². The van der Waals surface area contributed by atoms with Crippen LogP contribution in [0, 0.1) is 17.8 Å². The van der Waals surface area contributed by atoms with E-state index in [1.165, 1.54) is 0 Å². The summed E-state index contributed by atoms with van der Waals surface area (Å²) in [5, 5.41) is 11.2. The summed E-state index contributed by atoms with van der Waals surface area (Å²) in [7, 11) is 0. The number of aliphatic hydroxyl groups is 1. The Morgan fingerprint density at radius 1 is 1.34 bits per heavy atom. The molecule has 3 rings (SSSR count). The Morgan fingerprint density at radius 3 is 2.71 bits per heavy atom. The van der Waals surface area contributed by atoms with Crippen molar-refractivity contribution in [1.29, 1.82) is 0 Å². The van der Waals surface area contributed by atoms with Crippen molar-refractivity contribution in [2.24, 2.45) is 5.92 Å². The van der Waals surface area contributed by atoms with E-state index in [-0.39, 0.29) is 36.9 Å². The zero-order chi connectivity index (χ0) is 25.6. The van der Waals surface area contributed by atoms with Gasteiger partial charge >= 0.3 is 6.09 Å². The molecule has 192 valence electrons. The summed E-state index contributed by atoms with van der Waals surface area (Å²) in [5.41, 5.74) is 0.994. The second-order valence-corrected chi connectivity index (χ2v) is 10.6. The second-order valence-electron chi connectivity index (χ2n) is 10.6. The van der Waals surface area contributed by atoms with Gasteiger partial charge in [-0.1, -0.05) is 55.2 Å². The van der Waals surface area contributed by atoms with Crippen LogP contribution in [0.1, 0.15) is 72.8 Å². The molecule has 5 atom stereocenters. The zero-order valence-corrected chi connectivity index (χ0v) is 22.0. The van der Waals surface area contributed by atoms with Crippen molar-refractivity contribution in [2.75, 3.05) is 6.54 Å². The Morgan fingerprint density at radius 2 is 2.06 bits per heavy atom. The van der Waals surface area contributed by atoms with Gasteiger partial charge in [-0.2, -0.15) is 0 Å². The third-order valence-corrected chi connectivity index (χ3v) is 6.75. The number of ether oxygens (including phenoxy) is 3. The molecule has 0 aromatic heterocycles. The molecule has 1 amide bonds. The van der Waals surface area contributed by atoms with E-state index in [0.717, 1.165) is 30.4 Å². The summed E-state index contributed by atoms with van der Waals surface area (Å²) < 4.78 is 17.4. The molecule has 35 heavy (non-hydrogen) atoms. The van der Waals surface area contributed by atoms with Crippen LogP contribution in [0.15, 0.2) is 42.0 Å². The third-order valence-electron chi connectivity index (χ3n) is 6.75. The zero-order valence-electron chi connectivity index (χ0n) is 22.0. The topological polar surface area (TPSA) is 68.2 Å². The highest BCUT2D eigenvalue weighted by atomic mass is 16.7. The molecule has 1 N–H and O–H groups in total. The fourth-order valence-corrected chi connectivity index (χ4v) is 4.90. The van der Waals surface area contributed by atoms with Crippen LogP contribution in [0.5, 0.6) is 0 Å². The van der Waals surface area contributed by atoms with Crippen molar-refractivity contribution in [1.82, 2.24) is 4.90 Å². The fourth-order valence-electron chi connectivity index (χ4n) is 4.90. The maximum absolute atomic E-state index is 12.7. The van der Waals surface area contributed by atoms with Crippen LogP contribution in [0.25, 0.3) is 0 Å². The molecule has 1 aromatic rings. The first kappa shape index (κ1) is 27.3. The number of hydrogen-bond donors (Lipinski definition) is 1. The predicted molar refractivity (Wildman–Crippen MR) is 136 cm³/mol. The van der Waals surface area contributed by atoms with Crippen LogP contribution < -0.4 is 0 Å². The highest BCUT2D eigenvalue weighted by Crippen LogP contribution is 2.32. The van der Waals surface area contributed by atoms with Gasteiger partial charge in [0.1, 0.15) is 12.7 Å². The minimum Gasteiger partial charge on any atom is -0.445 e. The second kappa shape index (κ2) is 11.6. The summed E-state index contributed by atoms with van der Waals surface area (Å²) in [6, 6.07) is 9.31. The van der Waals surface area contributed by atoms with Crippen LogP contribution in [-0.4, -0.2) is 52.3 Å². The van der Waals surface area contributed by atoms with Gasteiger partial charge in [0, 0.05) is 18.9 Å². The first-order valence-electron chi connectivity index (χ1n) is 12.7. The summed E-state index contributed by atoms with van der Waals surface area (Å²) in [6.07, 6.45) is 4.46. The van der Waals surface area contributed by atoms with Crippen molar-refractivity contribution >= 4 is 6.09 Å². The number of carbonyl (C=O) groups is 1. The van der Waals surface area contributed by atoms with Gasteiger partial charge in [-0.25, -0.2) is 4.79 Å². The molecule has 2 heterocycles. The average molecular weight is 484 g/mol. The van der Waals surface area contributed by atoms with Crippen molar-refractivity contribution in [3.05, 3.63) is 47.5 Å². The summed E-state index contributed by atoms with van der Waals surface area (Å²) in [4.78, 5) is 14.4. The van der Waals surface area contributed by atoms with E-state index in [4.69, 9.17) is 14.2 Å². The molecular formula is C29H41NO5. The summed E-state index contributed by atoms with van der Waals surface area (Å²) >= 11 is 0. The lowest BCUT2D eigenvalue weighted by molar-refractivity contribution is -0.142. The Bertz CT molecular complexity index is 943. The molecule has 0 spiro atoms. The normalized spacial score (nSPS) is 26.5. The van der Waals surface area contributed by atoms with Crippen molar-refractivity contribution < 1.29 is 24.1 Å². The van der Waals surface area contributed by atoms with E-state index >= 15 is 0 Å². The van der Waals surface area contributed by atoms with Gasteiger partial charge in [0.25, 0.3) is 0 Å². The van der Waals surface area contributed by atoms with E-state index in [1.807, 2.05) is 51.1 Å². The predicted octanol–water partition coefficient (Wildman–Crippen LogP) is 5.44. The number of amides is 1. The smallest absolute Gasteiger partial charge is 0.410 e.